The van der Waals surface area contributed by atoms with Crippen molar-refractivity contribution >= 4 is 23.1 Å². The molecule has 4 N–H and O–H groups in total. The first-order chi connectivity index (χ1) is 28.2. The van der Waals surface area contributed by atoms with Gasteiger partial charge in [0.1, 0.15) is 34.7 Å². The van der Waals surface area contributed by atoms with Crippen LogP contribution in [0, 0.1) is 11.6 Å². The Balaban J connectivity index is 0.000000133. The number of primary amides is 2. The Kier molecular flexibility index (Phi) is 7.42. The number of nitrogens with zero attached hydrogens (tertiary/aromatic N) is 12. The molecule has 0 aromatic carbocycles. The van der Waals surface area contributed by atoms with E-state index in [0.717, 1.165) is 72.7 Å². The molecule has 10 heterocycles. The minimum Gasteiger partial charge on any atom is -0.363 e. The maximum absolute atomic E-state index is 13.4. The van der Waals surface area contributed by atoms with E-state index in [9.17, 15) is 18.4 Å². The Hall–Kier alpha value is -7.24. The number of carbonyl (C=O) groups excluding carboxylic acids is 2. The Morgan fingerprint density at radius 2 is 1.03 bits per heavy atom. The van der Waals surface area contributed by atoms with Gasteiger partial charge in [0.15, 0.2) is 11.3 Å². The number of rotatable bonds is 6. The highest BCUT2D eigenvalue weighted by atomic mass is 19.1. The zero-order chi connectivity index (χ0) is 39.4. The lowest BCUT2D eigenvalue weighted by Gasteiger charge is -2.17. The largest absolute Gasteiger partial charge is 0.363 e. The van der Waals surface area contributed by atoms with Crippen LogP contribution in [0.4, 0.5) is 8.78 Å². The number of hydrogen-bond donors (Lipinski definition) is 2. The predicted octanol–water partition coefficient (Wildman–Crippen LogP) is 5.43. The monoisotopic (exact) mass is 778 g/mol. The van der Waals surface area contributed by atoms with Crippen LogP contribution in [0.5, 0.6) is 0 Å². The van der Waals surface area contributed by atoms with Crippen LogP contribution >= 0.6 is 0 Å². The second-order valence-corrected chi connectivity index (χ2v) is 15.2. The molecule has 288 valence electrons. The number of imidazole rings is 2. The molecule has 2 aliphatic heterocycles. The Morgan fingerprint density at radius 3 is 1.43 bits per heavy atom. The molecule has 18 heteroatoms. The molecule has 16 nitrogen and oxygen atoms in total. The number of carbonyl (C=O) groups is 2. The van der Waals surface area contributed by atoms with Gasteiger partial charge >= 0.3 is 0 Å². The molecule has 0 unspecified atom stereocenters. The lowest BCUT2D eigenvalue weighted by atomic mass is 10.1. The van der Waals surface area contributed by atoms with Gasteiger partial charge in [-0.2, -0.15) is 0 Å². The van der Waals surface area contributed by atoms with Crippen molar-refractivity contribution in [2.75, 3.05) is 0 Å². The third-order valence-corrected chi connectivity index (χ3v) is 11.9. The summed E-state index contributed by atoms with van der Waals surface area (Å²) in [5, 5.41) is 15.8. The van der Waals surface area contributed by atoms with Crippen molar-refractivity contribution in [2.45, 2.75) is 62.4 Å². The van der Waals surface area contributed by atoms with Gasteiger partial charge in [0.25, 0.3) is 11.8 Å². The SMILES string of the molecule is NC(=O)c1nnc2ccc(-c3c(-c4ccc(F)cn4)nc4n3[C@@H]3CC[C@H]4C3)cn12.NC(=O)c1nnc2ccc(-c3c(-c4ccc(F)cn4)nc4n3[C@H]3CC[C@@H]4C3)cn12. The van der Waals surface area contributed by atoms with Crippen molar-refractivity contribution < 1.29 is 18.4 Å². The predicted molar refractivity (Wildman–Crippen MR) is 203 cm³/mol. The van der Waals surface area contributed by atoms with E-state index in [2.05, 4.69) is 39.5 Å². The number of hydrogen-bond acceptors (Lipinski definition) is 10. The summed E-state index contributed by atoms with van der Waals surface area (Å²) in [4.78, 5) is 41.8. The van der Waals surface area contributed by atoms with Gasteiger partial charge in [-0.15, -0.1) is 20.4 Å². The van der Waals surface area contributed by atoms with Gasteiger partial charge in [0.2, 0.25) is 11.6 Å². The molecule has 0 spiro atoms. The highest BCUT2D eigenvalue weighted by Gasteiger charge is 2.43. The van der Waals surface area contributed by atoms with Crippen molar-refractivity contribution in [3.63, 3.8) is 0 Å². The maximum atomic E-state index is 13.4. The van der Waals surface area contributed by atoms with Crippen LogP contribution in [-0.4, -0.2) is 70.1 Å². The summed E-state index contributed by atoms with van der Waals surface area (Å²) in [5.41, 5.74) is 18.1. The fourth-order valence-electron chi connectivity index (χ4n) is 9.41. The number of halogens is 2. The summed E-state index contributed by atoms with van der Waals surface area (Å²) in [6, 6.07) is 14.3. The highest BCUT2D eigenvalue weighted by molar-refractivity contribution is 5.91. The molecule has 12 rings (SSSR count). The molecule has 2 saturated carbocycles. The van der Waals surface area contributed by atoms with Crippen LogP contribution in [0.2, 0.25) is 0 Å². The summed E-state index contributed by atoms with van der Waals surface area (Å²) in [7, 11) is 0. The first-order valence-electron chi connectivity index (χ1n) is 19.0. The van der Waals surface area contributed by atoms with E-state index in [0.29, 0.717) is 58.0 Å². The standard InChI is InChI=1S/2C20H16FN7O/c2*21-12-3-5-14(23-8-12)16-17(28-13-4-1-10(7-13)19(28)24-16)11-2-6-15-25-26-20(18(22)29)27(15)9-11/h2*2-3,5-6,8-10,13H,1,4,7H2,(H2,22,29)/t2*10-,13+/m10/s1. The van der Waals surface area contributed by atoms with Crippen molar-refractivity contribution in [1.82, 2.24) is 58.3 Å². The average Bonchev–Trinajstić information content (AvgIpc) is 4.08. The van der Waals surface area contributed by atoms with Crippen LogP contribution in [0.3, 0.4) is 0 Å². The molecule has 2 amide bonds. The molecule has 0 radical (unpaired) electrons. The maximum Gasteiger partial charge on any atom is 0.287 e. The van der Waals surface area contributed by atoms with Crippen LogP contribution in [-0.2, 0) is 0 Å². The molecule has 4 aliphatic rings. The first kappa shape index (κ1) is 34.0. The summed E-state index contributed by atoms with van der Waals surface area (Å²) in [5.74, 6) is 1.06. The van der Waals surface area contributed by atoms with Crippen molar-refractivity contribution in [1.29, 1.82) is 0 Å². The first-order valence-corrected chi connectivity index (χ1v) is 19.0. The lowest BCUT2D eigenvalue weighted by Crippen LogP contribution is -2.15. The van der Waals surface area contributed by atoms with Crippen LogP contribution in [0.1, 0.15) is 95.3 Å². The molecule has 8 aromatic rings. The topological polar surface area (TPSA) is 208 Å². The quantitative estimate of drug-likeness (QED) is 0.219. The van der Waals surface area contributed by atoms with Gasteiger partial charge in [-0.05, 0) is 87.1 Å². The number of amides is 2. The van der Waals surface area contributed by atoms with Gasteiger partial charge in [-0.25, -0.2) is 18.7 Å². The lowest BCUT2D eigenvalue weighted by molar-refractivity contribution is 0.0981. The minimum absolute atomic E-state index is 0.0750. The zero-order valence-corrected chi connectivity index (χ0v) is 30.6. The molecule has 4 bridgehead atoms. The van der Waals surface area contributed by atoms with E-state index in [1.54, 1.807) is 45.5 Å². The number of pyridine rings is 4. The third kappa shape index (κ3) is 5.16. The van der Waals surface area contributed by atoms with Gasteiger partial charge in [0, 0.05) is 47.4 Å². The Morgan fingerprint density at radius 1 is 0.586 bits per heavy atom. The normalized spacial score (nSPS) is 19.8. The van der Waals surface area contributed by atoms with Crippen LogP contribution < -0.4 is 11.5 Å². The molecule has 8 aromatic heterocycles. The summed E-state index contributed by atoms with van der Waals surface area (Å²) in [6.07, 6.45) is 12.7. The van der Waals surface area contributed by atoms with Crippen molar-refractivity contribution in [2.24, 2.45) is 11.5 Å². The van der Waals surface area contributed by atoms with Crippen LogP contribution in [0.25, 0.3) is 56.6 Å². The van der Waals surface area contributed by atoms with Gasteiger partial charge in [-0.3, -0.25) is 28.4 Å². The summed E-state index contributed by atoms with van der Waals surface area (Å²) < 4.78 is 34.6. The van der Waals surface area contributed by atoms with Gasteiger partial charge in [0.05, 0.1) is 35.2 Å². The molecular weight excluding hydrogens is 747 g/mol. The fourth-order valence-corrected chi connectivity index (χ4v) is 9.41. The molecule has 2 aliphatic carbocycles. The molecule has 4 atom stereocenters. The Labute approximate surface area is 326 Å². The minimum atomic E-state index is -0.646. The second-order valence-electron chi connectivity index (χ2n) is 15.2. The van der Waals surface area contributed by atoms with E-state index in [4.69, 9.17) is 21.4 Å². The molecule has 2 fully saturated rings. The fraction of sp³-hybridized carbons (Fsp3) is 0.250. The van der Waals surface area contributed by atoms with E-state index in [1.165, 1.54) is 24.5 Å². The van der Waals surface area contributed by atoms with E-state index in [-0.39, 0.29) is 23.3 Å². The molecular formula is C40H32F2N14O2. The van der Waals surface area contributed by atoms with E-state index < -0.39 is 11.8 Å². The van der Waals surface area contributed by atoms with E-state index in [1.807, 2.05) is 12.1 Å². The van der Waals surface area contributed by atoms with Gasteiger partial charge in [-0.1, -0.05) is 0 Å². The summed E-state index contributed by atoms with van der Waals surface area (Å²) in [6.45, 7) is 0. The third-order valence-electron chi connectivity index (χ3n) is 11.9. The second kappa shape index (κ2) is 12.6. The van der Waals surface area contributed by atoms with Crippen LogP contribution in [0.15, 0.2) is 73.3 Å². The van der Waals surface area contributed by atoms with Crippen molar-refractivity contribution in [3.05, 3.63) is 108 Å². The Bertz CT molecular complexity index is 2780. The number of aromatic nitrogens is 12. The zero-order valence-electron chi connectivity index (χ0n) is 30.6. The smallest absolute Gasteiger partial charge is 0.287 e. The summed E-state index contributed by atoms with van der Waals surface area (Å²) >= 11 is 0. The molecule has 0 saturated heterocycles. The molecule has 58 heavy (non-hydrogen) atoms. The number of nitrogens with two attached hydrogens (primary N) is 2. The van der Waals surface area contributed by atoms with Gasteiger partial charge < -0.3 is 20.6 Å². The van der Waals surface area contributed by atoms with E-state index >= 15 is 0 Å². The number of fused-ring (bicyclic) bond motifs is 12. The highest BCUT2D eigenvalue weighted by Crippen LogP contribution is 2.53. The van der Waals surface area contributed by atoms with Crippen molar-refractivity contribution in [3.8, 4) is 45.3 Å². The average molecular weight is 779 g/mol.